The Morgan fingerprint density at radius 2 is 1.81 bits per heavy atom. The first-order valence-corrected chi connectivity index (χ1v) is 6.58. The van der Waals surface area contributed by atoms with Crippen molar-refractivity contribution in [3.8, 4) is 0 Å². The largest absolute Gasteiger partial charge is 0.336 e. The molecule has 0 heterocycles. The number of nitrogens with one attached hydrogen (secondary N) is 3. The van der Waals surface area contributed by atoms with Gasteiger partial charge in [0.1, 0.15) is 0 Å². The topological polar surface area (TPSA) is 70.2 Å². The molecular weight excluding hydrogens is 280 g/mol. The standard InChI is InChI=1S/C14H19F2N3O2/c1-8(2)18-14(21)19-13(20)7-17-9(3)10-4-5-11(15)12(16)6-10/h4-6,8-9,17H,7H2,1-3H3,(H2,18,19,20,21)/t9-/m1/s1. The van der Waals surface area contributed by atoms with Gasteiger partial charge in [-0.3, -0.25) is 10.1 Å². The lowest BCUT2D eigenvalue weighted by atomic mass is 10.1. The number of imide groups is 1. The van der Waals surface area contributed by atoms with E-state index in [0.29, 0.717) is 5.56 Å². The van der Waals surface area contributed by atoms with E-state index in [9.17, 15) is 18.4 Å². The van der Waals surface area contributed by atoms with Crippen molar-refractivity contribution in [2.75, 3.05) is 6.54 Å². The Morgan fingerprint density at radius 3 is 2.38 bits per heavy atom. The second-order valence-electron chi connectivity index (χ2n) is 4.95. The molecule has 0 saturated carbocycles. The zero-order chi connectivity index (χ0) is 16.0. The molecule has 3 amide bonds. The summed E-state index contributed by atoms with van der Waals surface area (Å²) in [6.07, 6.45) is 0. The molecule has 1 rings (SSSR count). The van der Waals surface area contributed by atoms with E-state index in [1.54, 1.807) is 20.8 Å². The van der Waals surface area contributed by atoms with Crippen LogP contribution in [0.1, 0.15) is 32.4 Å². The van der Waals surface area contributed by atoms with E-state index in [2.05, 4.69) is 16.0 Å². The SMILES string of the molecule is CC(C)NC(=O)NC(=O)CN[C@H](C)c1ccc(F)c(F)c1. The second-order valence-corrected chi connectivity index (χ2v) is 4.95. The molecule has 0 fully saturated rings. The van der Waals surface area contributed by atoms with E-state index in [1.165, 1.54) is 6.07 Å². The van der Waals surface area contributed by atoms with E-state index >= 15 is 0 Å². The van der Waals surface area contributed by atoms with Crippen LogP contribution in [-0.2, 0) is 4.79 Å². The summed E-state index contributed by atoms with van der Waals surface area (Å²) < 4.78 is 25.9. The average molecular weight is 299 g/mol. The summed E-state index contributed by atoms with van der Waals surface area (Å²) in [6.45, 7) is 5.13. The van der Waals surface area contributed by atoms with Crippen molar-refractivity contribution in [3.63, 3.8) is 0 Å². The second kappa shape index (κ2) is 7.68. The number of urea groups is 1. The van der Waals surface area contributed by atoms with Gasteiger partial charge in [-0.25, -0.2) is 13.6 Å². The van der Waals surface area contributed by atoms with Gasteiger partial charge in [-0.15, -0.1) is 0 Å². The van der Waals surface area contributed by atoms with Crippen molar-refractivity contribution in [2.24, 2.45) is 0 Å². The molecule has 0 aliphatic heterocycles. The lowest BCUT2D eigenvalue weighted by Crippen LogP contribution is -2.45. The monoisotopic (exact) mass is 299 g/mol. The van der Waals surface area contributed by atoms with Crippen LogP contribution in [0.25, 0.3) is 0 Å². The number of hydrogen-bond donors (Lipinski definition) is 3. The number of carbonyl (C=O) groups is 2. The molecule has 0 bridgehead atoms. The van der Waals surface area contributed by atoms with Gasteiger partial charge in [0.25, 0.3) is 0 Å². The molecule has 0 aliphatic rings. The maximum atomic E-state index is 13.1. The number of amides is 3. The first kappa shape index (κ1) is 17.0. The predicted molar refractivity (Wildman–Crippen MR) is 74.6 cm³/mol. The fourth-order valence-electron chi connectivity index (χ4n) is 1.61. The van der Waals surface area contributed by atoms with Crippen LogP contribution in [-0.4, -0.2) is 24.5 Å². The molecule has 3 N–H and O–H groups in total. The fraction of sp³-hybridized carbons (Fsp3) is 0.429. The molecule has 0 spiro atoms. The molecule has 21 heavy (non-hydrogen) atoms. The lowest BCUT2D eigenvalue weighted by Gasteiger charge is -2.14. The summed E-state index contributed by atoms with van der Waals surface area (Å²) in [4.78, 5) is 22.8. The molecule has 0 aromatic heterocycles. The van der Waals surface area contributed by atoms with Crippen LogP contribution in [0, 0.1) is 11.6 Å². The number of halogens is 2. The molecule has 1 aromatic rings. The van der Waals surface area contributed by atoms with Crippen molar-refractivity contribution in [2.45, 2.75) is 32.9 Å². The minimum Gasteiger partial charge on any atom is -0.336 e. The van der Waals surface area contributed by atoms with Crippen LogP contribution in [0.2, 0.25) is 0 Å². The first-order valence-electron chi connectivity index (χ1n) is 6.58. The highest BCUT2D eigenvalue weighted by atomic mass is 19.2. The van der Waals surface area contributed by atoms with Gasteiger partial charge in [-0.05, 0) is 38.5 Å². The predicted octanol–water partition coefficient (Wildman–Crippen LogP) is 1.85. The number of carbonyl (C=O) groups excluding carboxylic acids is 2. The first-order chi connectivity index (χ1) is 9.79. The highest BCUT2D eigenvalue weighted by Gasteiger charge is 2.12. The number of hydrogen-bond acceptors (Lipinski definition) is 3. The summed E-state index contributed by atoms with van der Waals surface area (Å²) in [6, 6.07) is 2.51. The Hall–Kier alpha value is -2.02. The van der Waals surface area contributed by atoms with Gasteiger partial charge in [-0.1, -0.05) is 6.07 Å². The van der Waals surface area contributed by atoms with Crippen LogP contribution in [0.3, 0.4) is 0 Å². The van der Waals surface area contributed by atoms with Crippen molar-refractivity contribution in [1.29, 1.82) is 0 Å². The maximum Gasteiger partial charge on any atom is 0.321 e. The molecule has 7 heteroatoms. The molecule has 1 aromatic carbocycles. The average Bonchev–Trinajstić information content (AvgIpc) is 2.38. The number of rotatable bonds is 5. The molecule has 5 nitrogen and oxygen atoms in total. The summed E-state index contributed by atoms with van der Waals surface area (Å²) in [5, 5.41) is 7.49. The summed E-state index contributed by atoms with van der Waals surface area (Å²) >= 11 is 0. The van der Waals surface area contributed by atoms with Gasteiger partial charge in [0.05, 0.1) is 6.54 Å². The van der Waals surface area contributed by atoms with E-state index in [0.717, 1.165) is 12.1 Å². The summed E-state index contributed by atoms with van der Waals surface area (Å²) in [5.41, 5.74) is 0.508. The van der Waals surface area contributed by atoms with Gasteiger partial charge in [-0.2, -0.15) is 0 Å². The zero-order valence-corrected chi connectivity index (χ0v) is 12.2. The third kappa shape index (κ3) is 5.86. The van der Waals surface area contributed by atoms with Crippen molar-refractivity contribution in [3.05, 3.63) is 35.4 Å². The summed E-state index contributed by atoms with van der Waals surface area (Å²) in [7, 11) is 0. The minimum absolute atomic E-state index is 0.0770. The fourth-order valence-corrected chi connectivity index (χ4v) is 1.61. The Balaban J connectivity index is 2.45. The van der Waals surface area contributed by atoms with Crippen LogP contribution in [0.5, 0.6) is 0 Å². The van der Waals surface area contributed by atoms with Gasteiger partial charge < -0.3 is 10.6 Å². The zero-order valence-electron chi connectivity index (χ0n) is 12.2. The highest BCUT2D eigenvalue weighted by Crippen LogP contribution is 2.15. The molecule has 1 atom stereocenters. The van der Waals surface area contributed by atoms with Crippen molar-refractivity contribution >= 4 is 11.9 Å². The van der Waals surface area contributed by atoms with Gasteiger partial charge in [0.2, 0.25) is 5.91 Å². The molecular formula is C14H19F2N3O2. The molecule has 0 radical (unpaired) electrons. The Morgan fingerprint density at radius 1 is 1.14 bits per heavy atom. The Bertz CT molecular complexity index is 521. The quantitative estimate of drug-likeness (QED) is 0.777. The van der Waals surface area contributed by atoms with Crippen LogP contribution >= 0.6 is 0 Å². The lowest BCUT2D eigenvalue weighted by molar-refractivity contribution is -0.119. The van der Waals surface area contributed by atoms with Gasteiger partial charge in [0, 0.05) is 12.1 Å². The van der Waals surface area contributed by atoms with E-state index < -0.39 is 23.6 Å². The van der Waals surface area contributed by atoms with Crippen molar-refractivity contribution < 1.29 is 18.4 Å². The molecule has 116 valence electrons. The van der Waals surface area contributed by atoms with E-state index in [1.807, 2.05) is 0 Å². The van der Waals surface area contributed by atoms with Gasteiger partial charge in [0.15, 0.2) is 11.6 Å². The highest BCUT2D eigenvalue weighted by molar-refractivity contribution is 5.95. The Labute approximate surface area is 122 Å². The number of benzene rings is 1. The third-order valence-corrected chi connectivity index (χ3v) is 2.69. The molecule has 0 aliphatic carbocycles. The summed E-state index contributed by atoms with van der Waals surface area (Å²) in [5.74, 6) is -2.38. The van der Waals surface area contributed by atoms with Gasteiger partial charge >= 0.3 is 6.03 Å². The third-order valence-electron chi connectivity index (χ3n) is 2.69. The smallest absolute Gasteiger partial charge is 0.321 e. The Kier molecular flexibility index (Phi) is 6.23. The molecule has 0 saturated heterocycles. The van der Waals surface area contributed by atoms with Crippen LogP contribution < -0.4 is 16.0 Å². The van der Waals surface area contributed by atoms with Crippen LogP contribution in [0.15, 0.2) is 18.2 Å². The van der Waals surface area contributed by atoms with E-state index in [4.69, 9.17) is 0 Å². The minimum atomic E-state index is -0.943. The normalized spacial score (nSPS) is 12.1. The van der Waals surface area contributed by atoms with E-state index in [-0.39, 0.29) is 18.6 Å². The van der Waals surface area contributed by atoms with Crippen molar-refractivity contribution in [1.82, 2.24) is 16.0 Å². The molecule has 0 unspecified atom stereocenters. The maximum absolute atomic E-state index is 13.1. The van der Waals surface area contributed by atoms with Crippen LogP contribution in [0.4, 0.5) is 13.6 Å².